The van der Waals surface area contributed by atoms with Gasteiger partial charge in [0.1, 0.15) is 11.5 Å². The van der Waals surface area contributed by atoms with Gasteiger partial charge in [-0.15, -0.1) is 0 Å². The molecule has 1 fully saturated rings. The van der Waals surface area contributed by atoms with E-state index in [0.717, 1.165) is 0 Å². The molecule has 10 nitrogen and oxygen atoms in total. The zero-order chi connectivity index (χ0) is 22.6. The van der Waals surface area contributed by atoms with Gasteiger partial charge in [-0.2, -0.15) is 4.31 Å². The summed E-state index contributed by atoms with van der Waals surface area (Å²) in [5.74, 6) is -0.211. The summed E-state index contributed by atoms with van der Waals surface area (Å²) in [6.07, 6.45) is 1.01. The SMILES string of the molecule is COc1ccc(S(=O)(=O)N2CCC[C@H](C(=O)Nc3cc([N+](=O)[O-])ccc3OC)C2)cc1. The summed E-state index contributed by atoms with van der Waals surface area (Å²) in [6, 6.07) is 9.95. The van der Waals surface area contributed by atoms with Gasteiger partial charge in [0.15, 0.2) is 0 Å². The number of carbonyl (C=O) groups excluding carboxylic acids is 1. The Kier molecular flexibility index (Phi) is 6.76. The molecule has 3 rings (SSSR count). The minimum Gasteiger partial charge on any atom is -0.497 e. The number of hydrogen-bond donors (Lipinski definition) is 1. The lowest BCUT2D eigenvalue weighted by molar-refractivity contribution is -0.384. The van der Waals surface area contributed by atoms with Crippen molar-refractivity contribution in [1.29, 1.82) is 0 Å². The van der Waals surface area contributed by atoms with Crippen molar-refractivity contribution in [1.82, 2.24) is 4.31 Å². The summed E-state index contributed by atoms with van der Waals surface area (Å²) in [4.78, 5) is 23.4. The Bertz CT molecular complexity index is 1070. The van der Waals surface area contributed by atoms with Crippen molar-refractivity contribution < 1.29 is 27.6 Å². The number of amides is 1. The smallest absolute Gasteiger partial charge is 0.271 e. The molecule has 0 radical (unpaired) electrons. The number of benzene rings is 2. The molecule has 0 unspecified atom stereocenters. The van der Waals surface area contributed by atoms with Crippen LogP contribution in [0.4, 0.5) is 11.4 Å². The molecule has 2 aromatic rings. The van der Waals surface area contributed by atoms with Gasteiger partial charge in [-0.05, 0) is 43.2 Å². The summed E-state index contributed by atoms with van der Waals surface area (Å²) < 4.78 is 37.5. The second-order valence-corrected chi connectivity index (χ2v) is 8.95. The van der Waals surface area contributed by atoms with E-state index in [4.69, 9.17) is 9.47 Å². The summed E-state index contributed by atoms with van der Waals surface area (Å²) >= 11 is 0. The normalized spacial score (nSPS) is 17.0. The molecule has 1 aliphatic heterocycles. The zero-order valence-electron chi connectivity index (χ0n) is 17.1. The van der Waals surface area contributed by atoms with Crippen LogP contribution in [0.2, 0.25) is 0 Å². The minimum absolute atomic E-state index is 0.0113. The Morgan fingerprint density at radius 1 is 1.16 bits per heavy atom. The van der Waals surface area contributed by atoms with E-state index in [0.29, 0.717) is 25.1 Å². The van der Waals surface area contributed by atoms with Crippen LogP contribution < -0.4 is 14.8 Å². The Balaban J connectivity index is 1.76. The molecule has 1 atom stereocenters. The van der Waals surface area contributed by atoms with Crippen LogP contribution in [0.3, 0.4) is 0 Å². The zero-order valence-corrected chi connectivity index (χ0v) is 17.9. The molecule has 1 heterocycles. The first-order chi connectivity index (χ1) is 14.8. The van der Waals surface area contributed by atoms with E-state index < -0.39 is 26.8 Å². The number of nitro benzene ring substituents is 1. The van der Waals surface area contributed by atoms with Crippen molar-refractivity contribution in [2.24, 2.45) is 5.92 Å². The fourth-order valence-electron chi connectivity index (χ4n) is 3.41. The van der Waals surface area contributed by atoms with Crippen LogP contribution in [0, 0.1) is 16.0 Å². The highest BCUT2D eigenvalue weighted by Gasteiger charge is 2.33. The standard InChI is InChI=1S/C20H23N3O7S/c1-29-16-6-8-17(9-7-16)31(27,28)22-11-3-4-14(13-22)20(24)21-18-12-15(23(25)26)5-10-19(18)30-2/h5-10,12,14H,3-4,11,13H2,1-2H3,(H,21,24)/t14-/m0/s1. The number of nitrogens with zero attached hydrogens (tertiary/aromatic N) is 2. The van der Waals surface area contributed by atoms with Gasteiger partial charge in [-0.1, -0.05) is 0 Å². The lowest BCUT2D eigenvalue weighted by Gasteiger charge is -2.31. The van der Waals surface area contributed by atoms with Crippen LogP contribution in [0.1, 0.15) is 12.8 Å². The lowest BCUT2D eigenvalue weighted by atomic mass is 9.98. The summed E-state index contributed by atoms with van der Waals surface area (Å²) in [6.45, 7) is 0.315. The summed E-state index contributed by atoms with van der Waals surface area (Å²) in [5.41, 5.74) is -0.0275. The number of non-ortho nitro benzene ring substituents is 1. The van der Waals surface area contributed by atoms with Crippen LogP contribution in [0.15, 0.2) is 47.4 Å². The number of rotatable bonds is 7. The van der Waals surface area contributed by atoms with Gasteiger partial charge in [0.2, 0.25) is 15.9 Å². The molecule has 0 saturated carbocycles. The minimum atomic E-state index is -3.77. The Hall–Kier alpha value is -3.18. The third-order valence-electron chi connectivity index (χ3n) is 5.10. The second-order valence-electron chi connectivity index (χ2n) is 7.01. The Labute approximate surface area is 180 Å². The number of piperidine rings is 1. The van der Waals surface area contributed by atoms with E-state index in [-0.39, 0.29) is 28.6 Å². The molecule has 31 heavy (non-hydrogen) atoms. The summed E-state index contributed by atoms with van der Waals surface area (Å²) in [5, 5.41) is 13.7. The molecule has 0 aromatic heterocycles. The third kappa shape index (κ3) is 4.94. The number of carbonyl (C=O) groups is 1. The van der Waals surface area contributed by atoms with Crippen LogP contribution in [-0.2, 0) is 14.8 Å². The number of nitro groups is 1. The summed E-state index contributed by atoms with van der Waals surface area (Å²) in [7, 11) is -0.890. The van der Waals surface area contributed by atoms with E-state index in [1.165, 1.54) is 48.9 Å². The van der Waals surface area contributed by atoms with Crippen LogP contribution >= 0.6 is 0 Å². The van der Waals surface area contributed by atoms with Gasteiger partial charge in [-0.3, -0.25) is 14.9 Å². The Morgan fingerprint density at radius 2 is 1.87 bits per heavy atom. The molecular weight excluding hydrogens is 426 g/mol. The quantitative estimate of drug-likeness (QED) is 0.508. The largest absolute Gasteiger partial charge is 0.497 e. The molecule has 2 aromatic carbocycles. The highest BCUT2D eigenvalue weighted by molar-refractivity contribution is 7.89. The molecule has 166 valence electrons. The van der Waals surface area contributed by atoms with Gasteiger partial charge in [0.05, 0.1) is 35.6 Å². The van der Waals surface area contributed by atoms with Crippen molar-refractivity contribution in [2.45, 2.75) is 17.7 Å². The van der Waals surface area contributed by atoms with E-state index >= 15 is 0 Å². The maximum absolute atomic E-state index is 13.0. The van der Waals surface area contributed by atoms with Crippen LogP contribution in [-0.4, -0.2) is 50.9 Å². The average molecular weight is 449 g/mol. The van der Waals surface area contributed by atoms with E-state index in [1.807, 2.05) is 0 Å². The van der Waals surface area contributed by atoms with E-state index in [1.54, 1.807) is 12.1 Å². The van der Waals surface area contributed by atoms with Crippen molar-refractivity contribution in [3.8, 4) is 11.5 Å². The number of nitrogens with one attached hydrogen (secondary N) is 1. The first kappa shape index (κ1) is 22.5. The molecular formula is C20H23N3O7S. The molecule has 0 spiro atoms. The average Bonchev–Trinajstić information content (AvgIpc) is 2.79. The second kappa shape index (κ2) is 9.31. The number of anilines is 1. The molecule has 1 saturated heterocycles. The van der Waals surface area contributed by atoms with Gasteiger partial charge < -0.3 is 14.8 Å². The molecule has 1 amide bonds. The first-order valence-electron chi connectivity index (χ1n) is 9.53. The van der Waals surface area contributed by atoms with E-state index in [2.05, 4.69) is 5.32 Å². The topological polar surface area (TPSA) is 128 Å². The molecule has 11 heteroatoms. The van der Waals surface area contributed by atoms with Crippen LogP contribution in [0.25, 0.3) is 0 Å². The maximum atomic E-state index is 13.0. The van der Waals surface area contributed by atoms with Crippen molar-refractivity contribution in [3.05, 3.63) is 52.6 Å². The Morgan fingerprint density at radius 3 is 2.48 bits per heavy atom. The van der Waals surface area contributed by atoms with Gasteiger partial charge >= 0.3 is 0 Å². The molecule has 1 N–H and O–H groups in total. The maximum Gasteiger partial charge on any atom is 0.271 e. The fourth-order valence-corrected chi connectivity index (χ4v) is 4.94. The van der Waals surface area contributed by atoms with Crippen molar-refractivity contribution >= 4 is 27.3 Å². The van der Waals surface area contributed by atoms with Crippen LogP contribution in [0.5, 0.6) is 11.5 Å². The first-order valence-corrected chi connectivity index (χ1v) is 11.0. The highest BCUT2D eigenvalue weighted by Crippen LogP contribution is 2.31. The number of sulfonamides is 1. The number of hydrogen-bond acceptors (Lipinski definition) is 7. The number of methoxy groups -OCH3 is 2. The fraction of sp³-hybridized carbons (Fsp3) is 0.350. The lowest BCUT2D eigenvalue weighted by Crippen LogP contribution is -2.43. The monoisotopic (exact) mass is 449 g/mol. The molecule has 1 aliphatic rings. The van der Waals surface area contributed by atoms with Gasteiger partial charge in [0, 0.05) is 25.2 Å². The van der Waals surface area contributed by atoms with Crippen molar-refractivity contribution in [3.63, 3.8) is 0 Å². The van der Waals surface area contributed by atoms with Gasteiger partial charge in [0.25, 0.3) is 5.69 Å². The predicted octanol–water partition coefficient (Wildman–Crippen LogP) is 2.65. The third-order valence-corrected chi connectivity index (χ3v) is 6.98. The predicted molar refractivity (Wildman–Crippen MR) is 113 cm³/mol. The van der Waals surface area contributed by atoms with Gasteiger partial charge in [-0.25, -0.2) is 8.42 Å². The molecule has 0 bridgehead atoms. The highest BCUT2D eigenvalue weighted by atomic mass is 32.2. The molecule has 0 aliphatic carbocycles. The van der Waals surface area contributed by atoms with Crippen molar-refractivity contribution in [2.75, 3.05) is 32.6 Å². The number of ether oxygens (including phenoxy) is 2. The van der Waals surface area contributed by atoms with E-state index in [9.17, 15) is 23.3 Å².